The molecule has 31 heavy (non-hydrogen) atoms. The van der Waals surface area contributed by atoms with E-state index in [9.17, 15) is 18.0 Å². The van der Waals surface area contributed by atoms with E-state index in [1.54, 1.807) is 38.4 Å². The van der Waals surface area contributed by atoms with Gasteiger partial charge in [-0.3, -0.25) is 4.79 Å². The Hall–Kier alpha value is -2.81. The van der Waals surface area contributed by atoms with Crippen molar-refractivity contribution in [3.63, 3.8) is 0 Å². The monoisotopic (exact) mass is 453 g/mol. The molecule has 9 heteroatoms. The Labute approximate surface area is 182 Å². The van der Waals surface area contributed by atoms with Crippen LogP contribution in [0.1, 0.15) is 22.3 Å². The molecule has 2 aromatic carbocycles. The number of halogens is 3. The highest BCUT2D eigenvalue weighted by atomic mass is 32.2. The van der Waals surface area contributed by atoms with Gasteiger partial charge >= 0.3 is 5.51 Å². The van der Waals surface area contributed by atoms with Crippen LogP contribution in [0.15, 0.2) is 47.4 Å². The molecule has 0 unspecified atom stereocenters. The molecule has 1 aliphatic heterocycles. The minimum absolute atomic E-state index is 0.0450. The van der Waals surface area contributed by atoms with Crippen LogP contribution in [0.3, 0.4) is 0 Å². The van der Waals surface area contributed by atoms with Crippen LogP contribution in [0, 0.1) is 0 Å². The average Bonchev–Trinajstić information content (AvgIpc) is 2.77. The lowest BCUT2D eigenvalue weighted by molar-refractivity contribution is -0.0328. The molecular formula is C22H22F3NO4S. The molecule has 0 N–H and O–H groups in total. The van der Waals surface area contributed by atoms with Crippen molar-refractivity contribution < 1.29 is 32.2 Å². The van der Waals surface area contributed by atoms with Crippen molar-refractivity contribution in [2.24, 2.45) is 0 Å². The number of hydrogen-bond acceptors (Lipinski definition) is 5. The maximum atomic E-state index is 12.8. The van der Waals surface area contributed by atoms with Crippen LogP contribution in [-0.2, 0) is 0 Å². The van der Waals surface area contributed by atoms with Crippen LogP contribution in [-0.4, -0.2) is 50.7 Å². The van der Waals surface area contributed by atoms with E-state index < -0.39 is 5.51 Å². The molecule has 0 saturated heterocycles. The van der Waals surface area contributed by atoms with Gasteiger partial charge in [-0.25, -0.2) is 0 Å². The summed E-state index contributed by atoms with van der Waals surface area (Å²) in [4.78, 5) is 14.5. The van der Waals surface area contributed by atoms with Gasteiger partial charge in [-0.1, -0.05) is 6.08 Å². The standard InChI is InChI=1S/C22H22F3NO4S/c1-28-16-12-18(29-2)20(19(13-16)30-3)14-8-10-26(11-9-14)21(27)15-4-6-17(7-5-15)31-22(23,24)25/h4-8,12-13H,9-11H2,1-3H3. The van der Waals surface area contributed by atoms with Crippen molar-refractivity contribution in [3.8, 4) is 17.2 Å². The maximum absolute atomic E-state index is 12.8. The van der Waals surface area contributed by atoms with Gasteiger partial charge in [0, 0.05) is 35.7 Å². The number of carbonyl (C=O) groups is 1. The van der Waals surface area contributed by atoms with Gasteiger partial charge in [0.1, 0.15) is 17.2 Å². The fourth-order valence-electron chi connectivity index (χ4n) is 3.38. The number of rotatable bonds is 6. The second-order valence-electron chi connectivity index (χ2n) is 6.71. The number of hydrogen-bond donors (Lipinski definition) is 0. The van der Waals surface area contributed by atoms with E-state index in [0.717, 1.165) is 11.1 Å². The summed E-state index contributed by atoms with van der Waals surface area (Å²) in [6, 6.07) is 9.01. The summed E-state index contributed by atoms with van der Waals surface area (Å²) < 4.78 is 53.7. The predicted octanol–water partition coefficient (Wildman–Crippen LogP) is 5.25. The summed E-state index contributed by atoms with van der Waals surface area (Å²) in [6.45, 7) is 0.827. The number of carbonyl (C=O) groups excluding carboxylic acids is 1. The third kappa shape index (κ3) is 5.46. The van der Waals surface area contributed by atoms with E-state index in [2.05, 4.69) is 0 Å². The summed E-state index contributed by atoms with van der Waals surface area (Å²) in [5.74, 6) is 1.60. The van der Waals surface area contributed by atoms with E-state index in [1.165, 1.54) is 24.3 Å². The fraction of sp³-hybridized carbons (Fsp3) is 0.318. The lowest BCUT2D eigenvalue weighted by Gasteiger charge is -2.28. The van der Waals surface area contributed by atoms with Crippen molar-refractivity contribution in [2.45, 2.75) is 16.8 Å². The highest BCUT2D eigenvalue weighted by Gasteiger charge is 2.29. The van der Waals surface area contributed by atoms with Gasteiger partial charge in [0.15, 0.2) is 0 Å². The molecule has 2 aromatic rings. The van der Waals surface area contributed by atoms with Crippen molar-refractivity contribution in [2.75, 3.05) is 34.4 Å². The van der Waals surface area contributed by atoms with Crippen molar-refractivity contribution in [3.05, 3.63) is 53.6 Å². The predicted molar refractivity (Wildman–Crippen MR) is 113 cm³/mol. The normalized spacial score (nSPS) is 14.1. The molecule has 1 aliphatic rings. The summed E-state index contributed by atoms with van der Waals surface area (Å²) in [5.41, 5.74) is -2.21. The zero-order valence-corrected chi connectivity index (χ0v) is 18.1. The second kappa shape index (κ2) is 9.55. The molecule has 0 aromatic heterocycles. The first kappa shape index (κ1) is 22.9. The zero-order valence-electron chi connectivity index (χ0n) is 17.3. The lowest BCUT2D eigenvalue weighted by atomic mass is 9.96. The first-order valence-electron chi connectivity index (χ1n) is 9.40. The molecule has 3 rings (SSSR count). The van der Waals surface area contributed by atoms with Crippen molar-refractivity contribution in [1.29, 1.82) is 0 Å². The van der Waals surface area contributed by atoms with Crippen LogP contribution in [0.5, 0.6) is 17.2 Å². The van der Waals surface area contributed by atoms with Gasteiger partial charge < -0.3 is 19.1 Å². The molecule has 5 nitrogen and oxygen atoms in total. The van der Waals surface area contributed by atoms with Crippen LogP contribution >= 0.6 is 11.8 Å². The lowest BCUT2D eigenvalue weighted by Crippen LogP contribution is -2.34. The summed E-state index contributed by atoms with van der Waals surface area (Å²) >= 11 is -0.203. The first-order chi connectivity index (χ1) is 14.8. The Morgan fingerprint density at radius 3 is 2.06 bits per heavy atom. The van der Waals surface area contributed by atoms with E-state index in [-0.39, 0.29) is 22.6 Å². The minimum Gasteiger partial charge on any atom is -0.496 e. The number of amides is 1. The molecule has 0 atom stereocenters. The van der Waals surface area contributed by atoms with E-state index in [4.69, 9.17) is 14.2 Å². The van der Waals surface area contributed by atoms with Crippen molar-refractivity contribution in [1.82, 2.24) is 4.90 Å². The van der Waals surface area contributed by atoms with Gasteiger partial charge in [0.25, 0.3) is 5.91 Å². The number of ether oxygens (including phenoxy) is 3. The summed E-state index contributed by atoms with van der Waals surface area (Å²) in [6.07, 6.45) is 2.51. The van der Waals surface area contributed by atoms with Gasteiger partial charge in [-0.2, -0.15) is 13.2 Å². The minimum atomic E-state index is -4.36. The molecule has 166 valence electrons. The number of benzene rings is 2. The van der Waals surface area contributed by atoms with Crippen molar-refractivity contribution >= 4 is 23.2 Å². The molecule has 0 aliphatic carbocycles. The highest BCUT2D eigenvalue weighted by molar-refractivity contribution is 8.00. The van der Waals surface area contributed by atoms with Gasteiger partial charge in [-0.15, -0.1) is 0 Å². The fourth-order valence-corrected chi connectivity index (χ4v) is 3.92. The number of thioether (sulfide) groups is 1. The molecule has 0 spiro atoms. The van der Waals surface area contributed by atoms with Crippen LogP contribution < -0.4 is 14.2 Å². The van der Waals surface area contributed by atoms with E-state index in [1.807, 2.05) is 6.08 Å². The Morgan fingerprint density at radius 1 is 1.00 bits per heavy atom. The van der Waals surface area contributed by atoms with E-state index >= 15 is 0 Å². The third-order valence-corrected chi connectivity index (χ3v) is 5.61. The number of alkyl halides is 3. The van der Waals surface area contributed by atoms with Gasteiger partial charge in [0.05, 0.1) is 26.9 Å². The quantitative estimate of drug-likeness (QED) is 0.559. The largest absolute Gasteiger partial charge is 0.496 e. The number of methoxy groups -OCH3 is 3. The second-order valence-corrected chi connectivity index (χ2v) is 7.85. The van der Waals surface area contributed by atoms with Crippen LogP contribution in [0.4, 0.5) is 13.2 Å². The maximum Gasteiger partial charge on any atom is 0.446 e. The average molecular weight is 453 g/mol. The summed E-state index contributed by atoms with van der Waals surface area (Å²) in [7, 11) is 4.70. The number of nitrogens with zero attached hydrogens (tertiary/aromatic N) is 1. The third-order valence-electron chi connectivity index (χ3n) is 4.87. The SMILES string of the molecule is COc1cc(OC)c(C2=CCN(C(=O)c3ccc(SC(F)(F)F)cc3)CC2)c(OC)c1. The molecule has 1 heterocycles. The van der Waals surface area contributed by atoms with Crippen LogP contribution in [0.25, 0.3) is 5.57 Å². The molecule has 0 saturated carbocycles. The van der Waals surface area contributed by atoms with E-state index in [0.29, 0.717) is 42.3 Å². The highest BCUT2D eigenvalue weighted by Crippen LogP contribution is 2.41. The van der Waals surface area contributed by atoms with Gasteiger partial charge in [-0.05, 0) is 48.0 Å². The molecule has 0 radical (unpaired) electrons. The Balaban J connectivity index is 1.76. The summed E-state index contributed by atoms with van der Waals surface area (Å²) in [5, 5.41) is 0. The Kier molecular flexibility index (Phi) is 7.04. The molecule has 1 amide bonds. The molecular weight excluding hydrogens is 431 g/mol. The topological polar surface area (TPSA) is 48.0 Å². The van der Waals surface area contributed by atoms with Crippen LogP contribution in [0.2, 0.25) is 0 Å². The molecule has 0 bridgehead atoms. The zero-order chi connectivity index (χ0) is 22.6. The Morgan fingerprint density at radius 2 is 1.61 bits per heavy atom. The Bertz CT molecular complexity index is 949. The van der Waals surface area contributed by atoms with Gasteiger partial charge in [0.2, 0.25) is 0 Å². The molecule has 0 fully saturated rings. The smallest absolute Gasteiger partial charge is 0.446 e. The first-order valence-corrected chi connectivity index (χ1v) is 10.2.